The van der Waals surface area contributed by atoms with Gasteiger partial charge in [0.15, 0.2) is 5.78 Å². The number of nitrogens with zero attached hydrogens (tertiary/aromatic N) is 1. The smallest absolute Gasteiger partial charge is 0.255 e. The maximum Gasteiger partial charge on any atom is 0.255 e. The first-order valence-electron chi connectivity index (χ1n) is 11.6. The van der Waals surface area contributed by atoms with Crippen LogP contribution in [0.25, 0.3) is 0 Å². The Hall–Kier alpha value is -3.93. The summed E-state index contributed by atoms with van der Waals surface area (Å²) in [7, 11) is 0. The van der Waals surface area contributed by atoms with E-state index in [4.69, 9.17) is 4.42 Å². The van der Waals surface area contributed by atoms with Crippen LogP contribution >= 0.6 is 0 Å². The third-order valence-electron chi connectivity index (χ3n) is 6.65. The van der Waals surface area contributed by atoms with Gasteiger partial charge in [0, 0.05) is 47.0 Å². The number of dihydropyridines is 1. The summed E-state index contributed by atoms with van der Waals surface area (Å²) < 4.78 is 5.60. The number of carbonyl (C=O) groups excluding carboxylic acids is 2. The molecular formula is C28H27N3O3. The van der Waals surface area contributed by atoms with E-state index in [1.165, 1.54) is 5.56 Å². The molecule has 3 heterocycles. The quantitative estimate of drug-likeness (QED) is 0.552. The molecule has 6 nitrogen and oxygen atoms in total. The number of ketones is 1. The molecule has 2 N–H and O–H groups in total. The lowest BCUT2D eigenvalue weighted by Crippen LogP contribution is -2.37. The number of aryl methyl sites for hydroxylation is 1. The van der Waals surface area contributed by atoms with Crippen molar-refractivity contribution in [3.05, 3.63) is 106 Å². The van der Waals surface area contributed by atoms with E-state index in [1.54, 1.807) is 24.6 Å². The molecule has 2 aliphatic rings. The molecule has 1 aromatic carbocycles. The molecule has 0 saturated carbocycles. The van der Waals surface area contributed by atoms with Gasteiger partial charge in [0.2, 0.25) is 0 Å². The van der Waals surface area contributed by atoms with Gasteiger partial charge in [0.1, 0.15) is 11.6 Å². The van der Waals surface area contributed by atoms with Crippen LogP contribution in [0.1, 0.15) is 55.4 Å². The number of allylic oxidation sites excluding steroid dienone is 3. The zero-order chi connectivity index (χ0) is 23.7. The number of benzene rings is 1. The van der Waals surface area contributed by atoms with Gasteiger partial charge in [-0.1, -0.05) is 37.3 Å². The third-order valence-corrected chi connectivity index (χ3v) is 6.65. The first kappa shape index (κ1) is 21.9. The monoisotopic (exact) mass is 453 g/mol. The summed E-state index contributed by atoms with van der Waals surface area (Å²) >= 11 is 0. The number of aromatic nitrogens is 1. The minimum Gasteiger partial charge on any atom is -0.469 e. The second-order valence-corrected chi connectivity index (χ2v) is 8.80. The Morgan fingerprint density at radius 3 is 2.62 bits per heavy atom. The average Bonchev–Trinajstić information content (AvgIpc) is 3.39. The lowest BCUT2D eigenvalue weighted by molar-refractivity contribution is -0.116. The van der Waals surface area contributed by atoms with Gasteiger partial charge in [0.25, 0.3) is 5.91 Å². The summed E-state index contributed by atoms with van der Waals surface area (Å²) in [6.45, 7) is 4.00. The van der Waals surface area contributed by atoms with E-state index in [0.717, 1.165) is 29.1 Å². The van der Waals surface area contributed by atoms with Crippen molar-refractivity contribution in [3.63, 3.8) is 0 Å². The van der Waals surface area contributed by atoms with Crippen molar-refractivity contribution in [3.8, 4) is 0 Å². The highest BCUT2D eigenvalue weighted by Crippen LogP contribution is 2.45. The molecule has 2 aromatic heterocycles. The van der Waals surface area contributed by atoms with Crippen molar-refractivity contribution in [1.29, 1.82) is 0 Å². The standard InChI is InChI=1S/C28H27N3O3/c1-3-18-9-11-19(12-10-18)26-25(28(33)31-24-8-4-5-13-29-24)17(2)30-21-15-20(16-22(32)27(21)26)23-7-6-14-34-23/h4-14,20,26,30H,3,15-16H2,1-2H3,(H,29,31,33). The summed E-state index contributed by atoms with van der Waals surface area (Å²) in [6.07, 6.45) is 5.21. The van der Waals surface area contributed by atoms with Gasteiger partial charge in [-0.15, -0.1) is 0 Å². The summed E-state index contributed by atoms with van der Waals surface area (Å²) in [5.41, 5.74) is 4.96. The number of pyridine rings is 1. The fraction of sp³-hybridized carbons (Fsp3) is 0.250. The molecule has 5 rings (SSSR count). The fourth-order valence-electron chi connectivity index (χ4n) is 4.96. The number of anilines is 1. The van der Waals surface area contributed by atoms with Crippen molar-refractivity contribution in [2.45, 2.75) is 44.9 Å². The molecule has 6 heteroatoms. The molecule has 0 radical (unpaired) electrons. The molecule has 3 aromatic rings. The van der Waals surface area contributed by atoms with Crippen LogP contribution in [0.3, 0.4) is 0 Å². The lowest BCUT2D eigenvalue weighted by atomic mass is 9.72. The van der Waals surface area contributed by atoms with Gasteiger partial charge in [0.05, 0.1) is 6.26 Å². The van der Waals surface area contributed by atoms with Gasteiger partial charge >= 0.3 is 0 Å². The fourth-order valence-corrected chi connectivity index (χ4v) is 4.96. The number of nitrogens with one attached hydrogen (secondary N) is 2. The normalized spacial score (nSPS) is 20.1. The maximum absolute atomic E-state index is 13.6. The van der Waals surface area contributed by atoms with Gasteiger partial charge < -0.3 is 15.1 Å². The van der Waals surface area contributed by atoms with Crippen molar-refractivity contribution >= 4 is 17.5 Å². The number of hydrogen-bond acceptors (Lipinski definition) is 5. The number of carbonyl (C=O) groups is 2. The van der Waals surface area contributed by atoms with E-state index in [-0.39, 0.29) is 17.6 Å². The minimum atomic E-state index is -0.448. The van der Waals surface area contributed by atoms with Crippen LogP contribution in [0.5, 0.6) is 0 Å². The Kier molecular flexibility index (Phi) is 5.88. The van der Waals surface area contributed by atoms with Crippen LogP contribution < -0.4 is 10.6 Å². The highest BCUT2D eigenvalue weighted by molar-refractivity contribution is 6.09. The molecule has 172 valence electrons. The topological polar surface area (TPSA) is 84.2 Å². The number of Topliss-reactive ketones (excluding diaryl/α,β-unsaturated/α-hetero) is 1. The second kappa shape index (κ2) is 9.14. The van der Waals surface area contributed by atoms with Crippen LogP contribution in [0, 0.1) is 0 Å². The number of amides is 1. The molecule has 2 atom stereocenters. The van der Waals surface area contributed by atoms with E-state index in [2.05, 4.69) is 34.7 Å². The van der Waals surface area contributed by atoms with E-state index in [9.17, 15) is 9.59 Å². The molecular weight excluding hydrogens is 426 g/mol. The van der Waals surface area contributed by atoms with E-state index < -0.39 is 5.92 Å². The Balaban J connectivity index is 1.57. The van der Waals surface area contributed by atoms with Gasteiger partial charge in [-0.05, 0) is 55.2 Å². The molecule has 1 amide bonds. The zero-order valence-electron chi connectivity index (χ0n) is 19.3. The van der Waals surface area contributed by atoms with E-state index >= 15 is 0 Å². The largest absolute Gasteiger partial charge is 0.469 e. The Bertz CT molecular complexity index is 1270. The van der Waals surface area contributed by atoms with Gasteiger partial charge in [-0.3, -0.25) is 9.59 Å². The highest BCUT2D eigenvalue weighted by Gasteiger charge is 2.41. The van der Waals surface area contributed by atoms with Gasteiger partial charge in [-0.2, -0.15) is 0 Å². The number of hydrogen-bond donors (Lipinski definition) is 2. The minimum absolute atomic E-state index is 0.0198. The van der Waals surface area contributed by atoms with Crippen LogP contribution in [0.2, 0.25) is 0 Å². The van der Waals surface area contributed by atoms with Crippen LogP contribution in [-0.4, -0.2) is 16.7 Å². The predicted molar refractivity (Wildman–Crippen MR) is 130 cm³/mol. The average molecular weight is 454 g/mol. The van der Waals surface area contributed by atoms with E-state index in [1.807, 2.05) is 37.3 Å². The Labute approximate surface area is 198 Å². The van der Waals surface area contributed by atoms with Crippen LogP contribution in [0.4, 0.5) is 5.82 Å². The predicted octanol–water partition coefficient (Wildman–Crippen LogP) is 5.24. The Morgan fingerprint density at radius 2 is 1.94 bits per heavy atom. The van der Waals surface area contributed by atoms with Crippen molar-refractivity contribution in [2.75, 3.05) is 5.32 Å². The molecule has 0 bridgehead atoms. The molecule has 2 unspecified atom stereocenters. The van der Waals surface area contributed by atoms with Crippen molar-refractivity contribution in [1.82, 2.24) is 10.3 Å². The first-order chi connectivity index (χ1) is 16.5. The van der Waals surface area contributed by atoms with Crippen LogP contribution in [-0.2, 0) is 16.0 Å². The number of furan rings is 1. The zero-order valence-corrected chi connectivity index (χ0v) is 19.3. The molecule has 0 spiro atoms. The lowest BCUT2D eigenvalue weighted by Gasteiger charge is -2.36. The maximum atomic E-state index is 13.6. The molecule has 0 saturated heterocycles. The summed E-state index contributed by atoms with van der Waals surface area (Å²) in [6, 6.07) is 17.3. The molecule has 34 heavy (non-hydrogen) atoms. The first-order valence-corrected chi connectivity index (χ1v) is 11.6. The van der Waals surface area contributed by atoms with Crippen molar-refractivity contribution < 1.29 is 14.0 Å². The Morgan fingerprint density at radius 1 is 1.12 bits per heavy atom. The second-order valence-electron chi connectivity index (χ2n) is 8.80. The highest BCUT2D eigenvalue weighted by atomic mass is 16.3. The van der Waals surface area contributed by atoms with Crippen molar-refractivity contribution in [2.24, 2.45) is 0 Å². The summed E-state index contributed by atoms with van der Waals surface area (Å²) in [5, 5.41) is 6.30. The molecule has 1 aliphatic carbocycles. The summed E-state index contributed by atoms with van der Waals surface area (Å²) in [5.74, 6) is 0.590. The SMILES string of the molecule is CCc1ccc(C2C(C(=O)Nc3ccccn3)=C(C)NC3=C2C(=O)CC(c2ccco2)C3)cc1. The number of rotatable bonds is 5. The van der Waals surface area contributed by atoms with E-state index in [0.29, 0.717) is 29.8 Å². The van der Waals surface area contributed by atoms with Crippen LogP contribution in [0.15, 0.2) is 94.0 Å². The third kappa shape index (κ3) is 4.07. The molecule has 1 aliphatic heterocycles. The summed E-state index contributed by atoms with van der Waals surface area (Å²) in [4.78, 5) is 31.3. The molecule has 0 fully saturated rings. The van der Waals surface area contributed by atoms with Gasteiger partial charge in [-0.25, -0.2) is 4.98 Å².